The smallest absolute Gasteiger partial charge is 0.327 e. The molecule has 1 atom stereocenters. The lowest BCUT2D eigenvalue weighted by molar-refractivity contribution is -0.134. The number of carbonyl (C=O) groups excluding carboxylic acids is 2. The van der Waals surface area contributed by atoms with Gasteiger partial charge in [-0.2, -0.15) is 0 Å². The number of rotatable bonds is 0. The van der Waals surface area contributed by atoms with E-state index in [1.807, 2.05) is 25.1 Å². The average molecular weight is 260 g/mol. The van der Waals surface area contributed by atoms with Crippen molar-refractivity contribution < 1.29 is 14.3 Å². The van der Waals surface area contributed by atoms with Crippen LogP contribution in [0, 0.1) is 6.92 Å². The van der Waals surface area contributed by atoms with Gasteiger partial charge in [0.1, 0.15) is 17.9 Å². The Morgan fingerprint density at radius 3 is 2.74 bits per heavy atom. The molecule has 5 heteroatoms. The molecule has 1 spiro atoms. The van der Waals surface area contributed by atoms with E-state index in [0.717, 1.165) is 16.9 Å². The van der Waals surface area contributed by atoms with Gasteiger partial charge in [-0.3, -0.25) is 9.69 Å². The second-order valence-electron chi connectivity index (χ2n) is 5.24. The van der Waals surface area contributed by atoms with Crippen LogP contribution in [0.3, 0.4) is 0 Å². The van der Waals surface area contributed by atoms with Crippen molar-refractivity contribution in [2.24, 2.45) is 0 Å². The lowest BCUT2D eigenvalue weighted by Crippen LogP contribution is -2.60. The summed E-state index contributed by atoms with van der Waals surface area (Å²) in [6.07, 6.45) is 0.266. The van der Waals surface area contributed by atoms with Crippen molar-refractivity contribution in [2.45, 2.75) is 18.9 Å². The number of ether oxygens (including phenoxy) is 1. The number of amides is 3. The Balaban J connectivity index is 2.14. The molecule has 0 bridgehead atoms. The van der Waals surface area contributed by atoms with Gasteiger partial charge in [0.15, 0.2) is 0 Å². The van der Waals surface area contributed by atoms with Crippen molar-refractivity contribution in [1.82, 2.24) is 9.80 Å². The molecule has 2 heterocycles. The summed E-state index contributed by atoms with van der Waals surface area (Å²) in [5, 5.41) is 0. The Morgan fingerprint density at radius 2 is 2.00 bits per heavy atom. The van der Waals surface area contributed by atoms with Gasteiger partial charge in [-0.25, -0.2) is 4.79 Å². The van der Waals surface area contributed by atoms with Crippen LogP contribution < -0.4 is 4.74 Å². The van der Waals surface area contributed by atoms with Gasteiger partial charge in [-0.15, -0.1) is 0 Å². The number of para-hydroxylation sites is 1. The summed E-state index contributed by atoms with van der Waals surface area (Å²) in [6, 6.07) is 5.56. The molecule has 19 heavy (non-hydrogen) atoms. The van der Waals surface area contributed by atoms with Crippen molar-refractivity contribution in [3.63, 3.8) is 0 Å². The molecular formula is C14H16N2O3. The number of nitrogens with zero attached hydrogens (tertiary/aromatic N) is 2. The highest BCUT2D eigenvalue weighted by atomic mass is 16.5. The van der Waals surface area contributed by atoms with E-state index in [-0.39, 0.29) is 18.4 Å². The number of aryl methyl sites for hydroxylation is 1. The number of carbonyl (C=O) groups is 2. The van der Waals surface area contributed by atoms with Crippen LogP contribution in [0.2, 0.25) is 0 Å². The second-order valence-corrected chi connectivity index (χ2v) is 5.24. The van der Waals surface area contributed by atoms with Gasteiger partial charge in [0.25, 0.3) is 0 Å². The first-order chi connectivity index (χ1) is 8.97. The highest BCUT2D eigenvalue weighted by Gasteiger charge is 2.52. The maximum atomic E-state index is 12.2. The number of likely N-dealkylation sites (N-methyl/N-ethyl adjacent to an activating group) is 1. The van der Waals surface area contributed by atoms with Crippen LogP contribution in [0.4, 0.5) is 4.79 Å². The molecule has 3 rings (SSSR count). The number of urea groups is 1. The van der Waals surface area contributed by atoms with Crippen LogP contribution in [0.15, 0.2) is 18.2 Å². The van der Waals surface area contributed by atoms with Crippen molar-refractivity contribution in [3.05, 3.63) is 29.3 Å². The minimum atomic E-state index is -0.651. The highest BCUT2D eigenvalue weighted by Crippen LogP contribution is 2.46. The molecule has 1 aromatic rings. The van der Waals surface area contributed by atoms with Gasteiger partial charge in [0.05, 0.1) is 6.42 Å². The van der Waals surface area contributed by atoms with Crippen LogP contribution in [-0.4, -0.2) is 42.4 Å². The van der Waals surface area contributed by atoms with Gasteiger partial charge in [-0.1, -0.05) is 18.2 Å². The zero-order valence-electron chi connectivity index (χ0n) is 11.3. The second kappa shape index (κ2) is 3.73. The van der Waals surface area contributed by atoms with Crippen molar-refractivity contribution >= 4 is 11.9 Å². The van der Waals surface area contributed by atoms with Gasteiger partial charge in [0.2, 0.25) is 5.91 Å². The average Bonchev–Trinajstić information content (AvgIpc) is 2.76. The number of fused-ring (bicyclic) bond motifs is 2. The Kier molecular flexibility index (Phi) is 2.36. The number of imide groups is 1. The van der Waals surface area contributed by atoms with Gasteiger partial charge >= 0.3 is 6.03 Å². The number of hydrogen-bond donors (Lipinski definition) is 0. The molecule has 0 aliphatic carbocycles. The molecule has 0 aromatic heterocycles. The van der Waals surface area contributed by atoms with E-state index in [1.54, 1.807) is 11.9 Å². The van der Waals surface area contributed by atoms with Crippen LogP contribution in [0.25, 0.3) is 0 Å². The fraction of sp³-hybridized carbons (Fsp3) is 0.429. The minimum absolute atomic E-state index is 0.166. The number of hydrogen-bond acceptors (Lipinski definition) is 3. The van der Waals surface area contributed by atoms with E-state index in [9.17, 15) is 9.59 Å². The lowest BCUT2D eigenvalue weighted by Gasteiger charge is -2.43. The summed E-state index contributed by atoms with van der Waals surface area (Å²) < 4.78 is 5.76. The third-order valence-corrected chi connectivity index (χ3v) is 4.20. The van der Waals surface area contributed by atoms with Crippen LogP contribution in [-0.2, 0) is 10.3 Å². The standard InChI is InChI=1S/C14H16N2O3/c1-9-5-4-6-10-12(9)19-8-14(10)7-11(17)15(2)13(18)16(14)3/h4-6H,7-8H2,1-3H3. The molecule has 1 unspecified atom stereocenters. The summed E-state index contributed by atoms with van der Waals surface area (Å²) in [4.78, 5) is 27.0. The first kappa shape index (κ1) is 12.0. The molecule has 1 saturated heterocycles. The third kappa shape index (κ3) is 1.41. The van der Waals surface area contributed by atoms with Crippen molar-refractivity contribution in [2.75, 3.05) is 20.7 Å². The quantitative estimate of drug-likeness (QED) is 0.710. The van der Waals surface area contributed by atoms with Crippen LogP contribution >= 0.6 is 0 Å². The largest absolute Gasteiger partial charge is 0.490 e. The molecule has 100 valence electrons. The summed E-state index contributed by atoms with van der Waals surface area (Å²) in [5.74, 6) is 0.639. The molecule has 1 fully saturated rings. The Morgan fingerprint density at radius 1 is 1.26 bits per heavy atom. The summed E-state index contributed by atoms with van der Waals surface area (Å²) >= 11 is 0. The van der Waals surface area contributed by atoms with Crippen molar-refractivity contribution in [1.29, 1.82) is 0 Å². The van der Waals surface area contributed by atoms with Crippen LogP contribution in [0.1, 0.15) is 17.5 Å². The van der Waals surface area contributed by atoms with E-state index in [0.29, 0.717) is 6.61 Å². The van der Waals surface area contributed by atoms with E-state index in [1.165, 1.54) is 11.9 Å². The monoisotopic (exact) mass is 260 g/mol. The molecule has 5 nitrogen and oxygen atoms in total. The topological polar surface area (TPSA) is 49.9 Å². The molecular weight excluding hydrogens is 244 g/mol. The normalized spacial score (nSPS) is 25.8. The predicted molar refractivity (Wildman–Crippen MR) is 68.9 cm³/mol. The SMILES string of the molecule is Cc1cccc2c1OCC21CC(=O)N(C)C(=O)N1C. The van der Waals surface area contributed by atoms with Gasteiger partial charge in [-0.05, 0) is 12.5 Å². The molecule has 1 aromatic carbocycles. The molecule has 2 aliphatic heterocycles. The fourth-order valence-corrected chi connectivity index (χ4v) is 2.91. The van der Waals surface area contributed by atoms with E-state index in [2.05, 4.69) is 0 Å². The van der Waals surface area contributed by atoms with E-state index >= 15 is 0 Å². The molecule has 0 N–H and O–H groups in total. The summed E-state index contributed by atoms with van der Waals surface area (Å²) in [6.45, 7) is 2.31. The summed E-state index contributed by atoms with van der Waals surface area (Å²) in [7, 11) is 3.24. The maximum absolute atomic E-state index is 12.2. The van der Waals surface area contributed by atoms with Gasteiger partial charge < -0.3 is 9.64 Å². The Labute approximate surface area is 111 Å². The number of benzene rings is 1. The molecule has 0 radical (unpaired) electrons. The molecule has 2 aliphatic rings. The first-order valence-electron chi connectivity index (χ1n) is 6.24. The molecule has 0 saturated carbocycles. The molecule has 3 amide bonds. The Hall–Kier alpha value is -2.04. The van der Waals surface area contributed by atoms with Crippen molar-refractivity contribution in [3.8, 4) is 5.75 Å². The third-order valence-electron chi connectivity index (χ3n) is 4.20. The van der Waals surface area contributed by atoms with Crippen LogP contribution in [0.5, 0.6) is 5.75 Å². The zero-order valence-corrected chi connectivity index (χ0v) is 11.3. The van der Waals surface area contributed by atoms with Gasteiger partial charge in [0, 0.05) is 19.7 Å². The van der Waals surface area contributed by atoms with E-state index in [4.69, 9.17) is 4.74 Å². The minimum Gasteiger partial charge on any atom is -0.490 e. The Bertz CT molecular complexity index is 584. The lowest BCUT2D eigenvalue weighted by atomic mass is 9.84. The predicted octanol–water partition coefficient (Wildman–Crippen LogP) is 1.50. The highest BCUT2D eigenvalue weighted by molar-refractivity contribution is 5.98. The van der Waals surface area contributed by atoms with E-state index < -0.39 is 5.54 Å². The first-order valence-corrected chi connectivity index (χ1v) is 6.24. The maximum Gasteiger partial charge on any atom is 0.327 e. The summed E-state index contributed by atoms with van der Waals surface area (Å²) in [5.41, 5.74) is 1.31. The fourth-order valence-electron chi connectivity index (χ4n) is 2.91. The zero-order chi connectivity index (χ0) is 13.8.